The van der Waals surface area contributed by atoms with E-state index in [-0.39, 0.29) is 23.6 Å². The molecule has 1 heterocycles. The van der Waals surface area contributed by atoms with Crippen molar-refractivity contribution in [1.82, 2.24) is 19.8 Å². The van der Waals surface area contributed by atoms with Crippen molar-refractivity contribution >= 4 is 28.5 Å². The molecule has 1 aliphatic rings. The van der Waals surface area contributed by atoms with Gasteiger partial charge in [0.2, 0.25) is 0 Å². The van der Waals surface area contributed by atoms with Gasteiger partial charge in [0.25, 0.3) is 5.56 Å². The van der Waals surface area contributed by atoms with Gasteiger partial charge in [-0.1, -0.05) is 62.4 Å². The Bertz CT molecular complexity index is 1250. The molecule has 7 heteroatoms. The molecule has 6 nitrogen and oxygen atoms in total. The molecule has 186 valence electrons. The Morgan fingerprint density at radius 1 is 1.11 bits per heavy atom. The van der Waals surface area contributed by atoms with Crippen molar-refractivity contribution in [3.05, 3.63) is 69.2 Å². The Morgan fingerprint density at radius 3 is 2.46 bits per heavy atom. The minimum atomic E-state index is -0.432. The van der Waals surface area contributed by atoms with Crippen LogP contribution in [0.4, 0.5) is 4.79 Å². The molecule has 1 saturated carbocycles. The number of amides is 2. The molecule has 1 aliphatic carbocycles. The summed E-state index contributed by atoms with van der Waals surface area (Å²) >= 11 is 6.24. The molecule has 0 bridgehead atoms. The average molecular weight is 495 g/mol. The first-order valence-electron chi connectivity index (χ1n) is 12.6. The molecular weight excluding hydrogens is 460 g/mol. The standard InChI is InChI=1S/C28H35ClN4O2/c1-18(2)17-32(28(35)30-22-8-6-5-7-9-22)20(4)26-31-25-16-21(29)12-15-24(25)27(34)33(26)23-13-10-19(3)11-14-23/h10-16,18,20,22H,5-9,17H2,1-4H3,(H,30,35). The van der Waals surface area contributed by atoms with Crippen LogP contribution < -0.4 is 10.9 Å². The van der Waals surface area contributed by atoms with Gasteiger partial charge in [-0.15, -0.1) is 0 Å². The number of urea groups is 1. The fraction of sp³-hybridized carbons (Fsp3) is 0.464. The van der Waals surface area contributed by atoms with Gasteiger partial charge in [-0.2, -0.15) is 0 Å². The van der Waals surface area contributed by atoms with Crippen LogP contribution >= 0.6 is 11.6 Å². The maximum absolute atomic E-state index is 13.7. The first-order chi connectivity index (χ1) is 16.7. The van der Waals surface area contributed by atoms with Crippen molar-refractivity contribution in [3.8, 4) is 5.69 Å². The van der Waals surface area contributed by atoms with E-state index in [4.69, 9.17) is 16.6 Å². The molecule has 1 aromatic heterocycles. The summed E-state index contributed by atoms with van der Waals surface area (Å²) in [6.45, 7) is 8.70. The van der Waals surface area contributed by atoms with Gasteiger partial charge in [0.15, 0.2) is 0 Å². The minimum absolute atomic E-state index is 0.103. The lowest BCUT2D eigenvalue weighted by atomic mass is 9.96. The zero-order valence-corrected chi connectivity index (χ0v) is 21.8. The number of halogens is 1. The summed E-state index contributed by atoms with van der Waals surface area (Å²) in [5, 5.41) is 4.27. The zero-order chi connectivity index (χ0) is 25.1. The number of fused-ring (bicyclic) bond motifs is 1. The van der Waals surface area contributed by atoms with Gasteiger partial charge >= 0.3 is 6.03 Å². The number of nitrogens with one attached hydrogen (secondary N) is 1. The highest BCUT2D eigenvalue weighted by atomic mass is 35.5. The summed E-state index contributed by atoms with van der Waals surface area (Å²) in [6, 6.07) is 12.6. The van der Waals surface area contributed by atoms with Gasteiger partial charge in [-0.25, -0.2) is 9.78 Å². The molecule has 2 amide bonds. The molecule has 0 aliphatic heterocycles. The van der Waals surface area contributed by atoms with E-state index in [2.05, 4.69) is 19.2 Å². The lowest BCUT2D eigenvalue weighted by Crippen LogP contribution is -2.48. The summed E-state index contributed by atoms with van der Waals surface area (Å²) in [5.74, 6) is 0.775. The van der Waals surface area contributed by atoms with E-state index in [1.165, 1.54) is 6.42 Å². The third kappa shape index (κ3) is 5.69. The topological polar surface area (TPSA) is 67.2 Å². The summed E-state index contributed by atoms with van der Waals surface area (Å²) < 4.78 is 1.64. The van der Waals surface area contributed by atoms with Gasteiger partial charge in [0, 0.05) is 17.6 Å². The van der Waals surface area contributed by atoms with Crippen molar-refractivity contribution in [1.29, 1.82) is 0 Å². The van der Waals surface area contributed by atoms with E-state index in [0.717, 1.165) is 36.9 Å². The quantitative estimate of drug-likeness (QED) is 0.430. The van der Waals surface area contributed by atoms with Crippen LogP contribution in [0, 0.1) is 12.8 Å². The predicted molar refractivity (Wildman–Crippen MR) is 142 cm³/mol. The maximum atomic E-state index is 13.7. The molecular formula is C28H35ClN4O2. The summed E-state index contributed by atoms with van der Waals surface area (Å²) in [4.78, 5) is 34.0. The molecule has 0 radical (unpaired) electrons. The minimum Gasteiger partial charge on any atom is -0.335 e. The number of aryl methyl sites for hydroxylation is 1. The van der Waals surface area contributed by atoms with Crippen LogP contribution in [0.25, 0.3) is 16.6 Å². The van der Waals surface area contributed by atoms with Gasteiger partial charge in [0.1, 0.15) is 5.82 Å². The highest BCUT2D eigenvalue weighted by Gasteiger charge is 2.29. The molecule has 0 spiro atoms. The molecule has 2 aromatic carbocycles. The van der Waals surface area contributed by atoms with Crippen LogP contribution in [0.5, 0.6) is 0 Å². The molecule has 1 N–H and O–H groups in total. The Morgan fingerprint density at radius 2 is 1.80 bits per heavy atom. The summed E-state index contributed by atoms with van der Waals surface area (Å²) in [6.07, 6.45) is 5.53. The predicted octanol–water partition coefficient (Wildman–Crippen LogP) is 6.41. The van der Waals surface area contributed by atoms with Gasteiger partial charge in [-0.05, 0) is 62.9 Å². The van der Waals surface area contributed by atoms with Crippen molar-refractivity contribution in [2.75, 3.05) is 6.54 Å². The lowest BCUT2D eigenvalue weighted by Gasteiger charge is -2.34. The van der Waals surface area contributed by atoms with Crippen LogP contribution in [-0.4, -0.2) is 33.1 Å². The van der Waals surface area contributed by atoms with Gasteiger partial charge in [-0.3, -0.25) is 9.36 Å². The highest BCUT2D eigenvalue weighted by molar-refractivity contribution is 6.31. The normalized spacial score (nSPS) is 15.4. The largest absolute Gasteiger partial charge is 0.335 e. The summed E-state index contributed by atoms with van der Waals surface area (Å²) in [5.41, 5.74) is 2.19. The number of nitrogens with zero attached hydrogens (tertiary/aromatic N) is 3. The van der Waals surface area contributed by atoms with Crippen molar-refractivity contribution in [3.63, 3.8) is 0 Å². The van der Waals surface area contributed by atoms with E-state index in [1.807, 2.05) is 43.0 Å². The second-order valence-corrected chi connectivity index (χ2v) is 10.6. The van der Waals surface area contributed by atoms with E-state index < -0.39 is 6.04 Å². The number of carbonyl (C=O) groups excluding carboxylic acids is 1. The fourth-order valence-electron chi connectivity index (χ4n) is 4.85. The average Bonchev–Trinajstić information content (AvgIpc) is 2.83. The smallest absolute Gasteiger partial charge is 0.318 e. The fourth-order valence-corrected chi connectivity index (χ4v) is 5.02. The number of benzene rings is 2. The second kappa shape index (κ2) is 10.8. The summed E-state index contributed by atoms with van der Waals surface area (Å²) in [7, 11) is 0. The third-order valence-electron chi connectivity index (χ3n) is 6.75. The van der Waals surface area contributed by atoms with Crippen LogP contribution in [0.1, 0.15) is 70.3 Å². The van der Waals surface area contributed by atoms with E-state index in [9.17, 15) is 9.59 Å². The second-order valence-electron chi connectivity index (χ2n) is 10.1. The van der Waals surface area contributed by atoms with Crippen molar-refractivity contribution in [2.24, 2.45) is 5.92 Å². The number of hydrogen-bond donors (Lipinski definition) is 1. The molecule has 1 atom stereocenters. The van der Waals surface area contributed by atoms with E-state index in [0.29, 0.717) is 28.3 Å². The highest BCUT2D eigenvalue weighted by Crippen LogP contribution is 2.26. The third-order valence-corrected chi connectivity index (χ3v) is 6.98. The van der Waals surface area contributed by atoms with Crippen LogP contribution in [0.15, 0.2) is 47.3 Å². The molecule has 1 unspecified atom stereocenters. The van der Waals surface area contributed by atoms with Gasteiger partial charge < -0.3 is 10.2 Å². The number of rotatable bonds is 6. The van der Waals surface area contributed by atoms with Crippen LogP contribution in [0.2, 0.25) is 5.02 Å². The van der Waals surface area contributed by atoms with Crippen molar-refractivity contribution in [2.45, 2.75) is 71.9 Å². The molecule has 1 fully saturated rings. The number of aromatic nitrogens is 2. The molecule has 4 rings (SSSR count). The van der Waals surface area contributed by atoms with Crippen molar-refractivity contribution < 1.29 is 4.79 Å². The first kappa shape index (κ1) is 25.2. The van der Waals surface area contributed by atoms with Crippen LogP contribution in [0.3, 0.4) is 0 Å². The number of hydrogen-bond acceptors (Lipinski definition) is 3. The Hall–Kier alpha value is -2.86. The first-order valence-corrected chi connectivity index (χ1v) is 13.0. The van der Waals surface area contributed by atoms with E-state index >= 15 is 0 Å². The maximum Gasteiger partial charge on any atom is 0.318 e. The SMILES string of the molecule is Cc1ccc(-n2c(C(C)N(CC(C)C)C(=O)NC3CCCCC3)nc3cc(Cl)ccc3c2=O)cc1. The zero-order valence-electron chi connectivity index (χ0n) is 21.1. The Balaban J connectivity index is 1.82. The van der Waals surface area contributed by atoms with Gasteiger partial charge in [0.05, 0.1) is 22.6 Å². The Kier molecular flexibility index (Phi) is 7.80. The lowest BCUT2D eigenvalue weighted by molar-refractivity contribution is 0.160. The Labute approximate surface area is 212 Å². The number of carbonyl (C=O) groups is 1. The monoisotopic (exact) mass is 494 g/mol. The molecule has 0 saturated heterocycles. The molecule has 35 heavy (non-hydrogen) atoms. The van der Waals surface area contributed by atoms with E-state index in [1.54, 1.807) is 22.8 Å². The molecule has 3 aromatic rings. The van der Waals surface area contributed by atoms with Crippen LogP contribution in [-0.2, 0) is 0 Å².